The smallest absolute Gasteiger partial charge is 0.0468 e. The fraction of sp³-hybridized carbons (Fsp3) is 0.0649. The van der Waals surface area contributed by atoms with Crippen LogP contribution in [0, 0.1) is 0 Å². The number of anilines is 5. The number of nitrogens with zero attached hydrogens (tertiary/aromatic N) is 2. The summed E-state index contributed by atoms with van der Waals surface area (Å²) in [6, 6.07) is 97.5. The van der Waals surface area contributed by atoms with E-state index in [-0.39, 0.29) is 5.41 Å². The second kappa shape index (κ2) is 18.8. The minimum absolute atomic E-state index is 0.185. The predicted molar refractivity (Wildman–Crippen MR) is 338 cm³/mol. The highest BCUT2D eigenvalue weighted by atomic mass is 15.1. The molecule has 13 aromatic carbocycles. The maximum absolute atomic E-state index is 2.52. The minimum Gasteiger partial charge on any atom is -0.311 e. The van der Waals surface area contributed by atoms with Crippen LogP contribution in [-0.4, -0.2) is 0 Å². The van der Waals surface area contributed by atoms with E-state index >= 15 is 0 Å². The molecule has 374 valence electrons. The van der Waals surface area contributed by atoms with Crippen LogP contribution in [0.5, 0.6) is 0 Å². The zero-order chi connectivity index (χ0) is 52.6. The SMILES string of the molecule is CC1(C)c2ccccc2-c2ccc(-c3c4ccc(N(C5=CCCC=C5)c5ccc6ccccc6c5)cc4c(-c4cccc(-c5cccc6ccccc56)c4)c4ccc(N(c5ccccc5)c5ccc6ccccc6c5)cc34)cc21. The summed E-state index contributed by atoms with van der Waals surface area (Å²) < 4.78 is 0. The van der Waals surface area contributed by atoms with Gasteiger partial charge in [0.1, 0.15) is 0 Å². The van der Waals surface area contributed by atoms with Gasteiger partial charge in [0.05, 0.1) is 0 Å². The highest BCUT2D eigenvalue weighted by molar-refractivity contribution is 6.23. The van der Waals surface area contributed by atoms with Crippen LogP contribution in [0.4, 0.5) is 28.4 Å². The zero-order valence-electron chi connectivity index (χ0n) is 44.4. The molecule has 79 heavy (non-hydrogen) atoms. The van der Waals surface area contributed by atoms with E-state index in [0.717, 1.165) is 41.3 Å². The van der Waals surface area contributed by atoms with Crippen molar-refractivity contribution in [2.45, 2.75) is 32.1 Å². The first kappa shape index (κ1) is 46.5. The second-order valence-corrected chi connectivity index (χ2v) is 21.9. The monoisotopic (exact) mass is 1010 g/mol. The highest BCUT2D eigenvalue weighted by Gasteiger charge is 2.36. The molecule has 0 radical (unpaired) electrons. The van der Waals surface area contributed by atoms with Crippen molar-refractivity contribution in [1.29, 1.82) is 0 Å². The Morgan fingerprint density at radius 1 is 0.304 bits per heavy atom. The molecule has 0 heterocycles. The molecule has 2 nitrogen and oxygen atoms in total. The van der Waals surface area contributed by atoms with Crippen molar-refractivity contribution in [2.75, 3.05) is 9.80 Å². The Hall–Kier alpha value is -9.76. The van der Waals surface area contributed by atoms with Gasteiger partial charge in [0.25, 0.3) is 0 Å². The largest absolute Gasteiger partial charge is 0.311 e. The van der Waals surface area contributed by atoms with Crippen LogP contribution in [0.3, 0.4) is 0 Å². The van der Waals surface area contributed by atoms with E-state index in [2.05, 4.69) is 303 Å². The lowest BCUT2D eigenvalue weighted by Crippen LogP contribution is -2.16. The van der Waals surface area contributed by atoms with Crippen molar-refractivity contribution in [3.8, 4) is 44.5 Å². The van der Waals surface area contributed by atoms with Gasteiger partial charge in [-0.2, -0.15) is 0 Å². The van der Waals surface area contributed by atoms with Gasteiger partial charge < -0.3 is 9.80 Å². The molecule has 15 rings (SSSR count). The summed E-state index contributed by atoms with van der Waals surface area (Å²) >= 11 is 0. The molecule has 0 spiro atoms. The van der Waals surface area contributed by atoms with Crippen molar-refractivity contribution >= 4 is 82.3 Å². The number of rotatable bonds is 9. The van der Waals surface area contributed by atoms with E-state index in [0.29, 0.717) is 0 Å². The summed E-state index contributed by atoms with van der Waals surface area (Å²) in [5.41, 5.74) is 19.1. The Morgan fingerprint density at radius 2 is 0.835 bits per heavy atom. The molecule has 2 aliphatic carbocycles. The quantitative estimate of drug-likeness (QED) is 0.133. The molecule has 2 heteroatoms. The molecule has 0 saturated carbocycles. The standard InChI is InChI=1S/C77H56N2/c1-77(2)73-34-16-15-32-67(73)68-42-37-58(48-74(68)77)76-70-44-41-63(78(59-27-5-3-6-28-59)61-38-35-51-19-9-11-22-54(51)46-61)49-71(70)75(57-26-17-25-56(45-57)66-33-18-24-53-21-13-14-31-65(53)66)69-43-40-64(50-72(69)76)79(60-29-7-4-8-30-60)62-39-36-52-20-10-12-23-55(52)47-62/h4-5,7-50H,3,6H2,1-2H3. The van der Waals surface area contributed by atoms with E-state index in [4.69, 9.17) is 0 Å². The van der Waals surface area contributed by atoms with Gasteiger partial charge in [-0.05, 0) is 201 Å². The Bertz CT molecular complexity index is 4650. The van der Waals surface area contributed by atoms with Crippen molar-refractivity contribution in [2.24, 2.45) is 0 Å². The third-order valence-electron chi connectivity index (χ3n) is 17.0. The highest BCUT2D eigenvalue weighted by Crippen LogP contribution is 2.53. The zero-order valence-corrected chi connectivity index (χ0v) is 44.4. The van der Waals surface area contributed by atoms with Crippen LogP contribution in [0.15, 0.2) is 285 Å². The average Bonchev–Trinajstić information content (AvgIpc) is 4.03. The summed E-state index contributed by atoms with van der Waals surface area (Å²) in [7, 11) is 0. The normalized spacial score (nSPS) is 13.5. The maximum Gasteiger partial charge on any atom is 0.0468 e. The van der Waals surface area contributed by atoms with Gasteiger partial charge in [-0.25, -0.2) is 0 Å². The average molecular weight is 1010 g/mol. The van der Waals surface area contributed by atoms with E-state index in [1.165, 1.54) is 115 Å². The third kappa shape index (κ3) is 7.85. The third-order valence-corrected chi connectivity index (χ3v) is 17.0. The fourth-order valence-corrected chi connectivity index (χ4v) is 13.2. The number of allylic oxidation sites excluding steroid dienone is 3. The van der Waals surface area contributed by atoms with E-state index < -0.39 is 0 Å². The molecule has 0 amide bonds. The van der Waals surface area contributed by atoms with Crippen LogP contribution < -0.4 is 9.80 Å². The van der Waals surface area contributed by atoms with Crippen molar-refractivity contribution < 1.29 is 0 Å². The first-order valence-corrected chi connectivity index (χ1v) is 27.8. The van der Waals surface area contributed by atoms with Gasteiger partial charge in [0, 0.05) is 39.5 Å². The van der Waals surface area contributed by atoms with Gasteiger partial charge in [-0.15, -0.1) is 0 Å². The summed E-state index contributed by atoms with van der Waals surface area (Å²) in [5.74, 6) is 0. The molecule has 0 aromatic heterocycles. The molecule has 0 fully saturated rings. The molecule has 13 aromatic rings. The maximum atomic E-state index is 2.52. The topological polar surface area (TPSA) is 6.48 Å². The molecular formula is C77H56N2. The molecule has 2 aliphatic rings. The van der Waals surface area contributed by atoms with Gasteiger partial charge in [-0.1, -0.05) is 214 Å². The van der Waals surface area contributed by atoms with Crippen LogP contribution in [0.25, 0.3) is 98.4 Å². The number of benzene rings is 13. The number of hydrogen-bond donors (Lipinski definition) is 0. The lowest BCUT2D eigenvalue weighted by atomic mass is 9.80. The van der Waals surface area contributed by atoms with Crippen LogP contribution >= 0.6 is 0 Å². The minimum atomic E-state index is -0.185. The molecule has 0 aliphatic heterocycles. The Morgan fingerprint density at radius 3 is 1.54 bits per heavy atom. The first-order chi connectivity index (χ1) is 38.9. The van der Waals surface area contributed by atoms with Gasteiger partial charge in [0.2, 0.25) is 0 Å². The van der Waals surface area contributed by atoms with E-state index in [1.54, 1.807) is 0 Å². The summed E-state index contributed by atoms with van der Waals surface area (Å²) in [5, 5.41) is 12.2. The van der Waals surface area contributed by atoms with Crippen molar-refractivity contribution in [3.05, 3.63) is 296 Å². The van der Waals surface area contributed by atoms with Crippen LogP contribution in [0.2, 0.25) is 0 Å². The van der Waals surface area contributed by atoms with Crippen molar-refractivity contribution in [3.63, 3.8) is 0 Å². The lowest BCUT2D eigenvalue weighted by Gasteiger charge is -2.29. The van der Waals surface area contributed by atoms with E-state index in [1.807, 2.05) is 0 Å². The van der Waals surface area contributed by atoms with Crippen molar-refractivity contribution in [1.82, 2.24) is 0 Å². The van der Waals surface area contributed by atoms with Gasteiger partial charge >= 0.3 is 0 Å². The second-order valence-electron chi connectivity index (χ2n) is 21.9. The van der Waals surface area contributed by atoms with Crippen LogP contribution in [-0.2, 0) is 5.41 Å². The Kier molecular flexibility index (Phi) is 11.1. The van der Waals surface area contributed by atoms with Crippen LogP contribution in [0.1, 0.15) is 37.8 Å². The molecule has 0 unspecified atom stereocenters. The number of para-hydroxylation sites is 1. The number of hydrogen-bond acceptors (Lipinski definition) is 2. The number of fused-ring (bicyclic) bond motifs is 8. The van der Waals surface area contributed by atoms with E-state index in [9.17, 15) is 0 Å². The summed E-state index contributed by atoms with van der Waals surface area (Å²) in [6.45, 7) is 4.79. The summed E-state index contributed by atoms with van der Waals surface area (Å²) in [4.78, 5) is 4.90. The molecule has 0 atom stereocenters. The fourth-order valence-electron chi connectivity index (χ4n) is 13.2. The van der Waals surface area contributed by atoms with Gasteiger partial charge in [0.15, 0.2) is 0 Å². The Labute approximate surface area is 462 Å². The predicted octanol–water partition coefficient (Wildman–Crippen LogP) is 21.6. The molecule has 0 bridgehead atoms. The van der Waals surface area contributed by atoms with Gasteiger partial charge in [-0.3, -0.25) is 0 Å². The summed E-state index contributed by atoms with van der Waals surface area (Å²) in [6.07, 6.45) is 9.06. The first-order valence-electron chi connectivity index (χ1n) is 27.8. The Balaban J connectivity index is 1.05. The molecular weight excluding hydrogens is 953 g/mol. The molecule has 0 saturated heterocycles. The molecule has 0 N–H and O–H groups in total. The lowest BCUT2D eigenvalue weighted by molar-refractivity contribution is 0.660.